The molecule has 1 heterocycles. The van der Waals surface area contributed by atoms with Gasteiger partial charge in [0.15, 0.2) is 11.5 Å². The molecule has 168 valence electrons. The Hall–Kier alpha value is -2.78. The van der Waals surface area contributed by atoms with E-state index in [1.165, 1.54) is 8.47 Å². The topological polar surface area (TPSA) is 55.8 Å². The van der Waals surface area contributed by atoms with Crippen molar-refractivity contribution in [3.8, 4) is 11.5 Å². The second-order valence-corrected chi connectivity index (χ2v) is 9.76. The van der Waals surface area contributed by atoms with E-state index in [9.17, 15) is 9.59 Å². The van der Waals surface area contributed by atoms with Crippen molar-refractivity contribution < 1.29 is 19.1 Å². The van der Waals surface area contributed by atoms with Gasteiger partial charge >= 0.3 is 0 Å². The molecule has 0 radical (unpaired) electrons. The number of nitrogens with zero attached hydrogens (tertiary/aromatic N) is 1. The Morgan fingerprint density at radius 3 is 2.48 bits per heavy atom. The molecular formula is C26H22INO4S. The fraction of sp³-hybridized carbons (Fsp3) is 0.154. The highest BCUT2D eigenvalue weighted by atomic mass is 127. The van der Waals surface area contributed by atoms with Crippen LogP contribution in [-0.4, -0.2) is 23.2 Å². The Labute approximate surface area is 210 Å². The number of hydrogen-bond acceptors (Lipinski definition) is 5. The van der Waals surface area contributed by atoms with E-state index in [4.69, 9.17) is 9.47 Å². The predicted molar refractivity (Wildman–Crippen MR) is 139 cm³/mol. The van der Waals surface area contributed by atoms with E-state index in [1.54, 1.807) is 19.3 Å². The van der Waals surface area contributed by atoms with Crippen molar-refractivity contribution in [2.24, 2.45) is 0 Å². The molecule has 3 aromatic rings. The number of ether oxygens (including phenoxy) is 2. The van der Waals surface area contributed by atoms with E-state index in [2.05, 4.69) is 22.6 Å². The van der Waals surface area contributed by atoms with Crippen LogP contribution in [0.2, 0.25) is 0 Å². The Bertz CT molecular complexity index is 1220. The number of amides is 2. The lowest BCUT2D eigenvalue weighted by atomic mass is 10.1. The van der Waals surface area contributed by atoms with Gasteiger partial charge in [0.2, 0.25) is 0 Å². The SMILES string of the molecule is COc1cc(/C=C2\SC(=O)N(Cc3ccccc3C)C2=O)ccc1OCc1ccc(I)cc1. The summed E-state index contributed by atoms with van der Waals surface area (Å²) in [5.74, 6) is 0.889. The fourth-order valence-electron chi connectivity index (χ4n) is 3.38. The lowest BCUT2D eigenvalue weighted by Gasteiger charge is -2.14. The lowest BCUT2D eigenvalue weighted by molar-refractivity contribution is -0.123. The van der Waals surface area contributed by atoms with E-state index in [0.717, 1.165) is 34.0 Å². The zero-order valence-corrected chi connectivity index (χ0v) is 21.2. The summed E-state index contributed by atoms with van der Waals surface area (Å²) >= 11 is 3.22. The van der Waals surface area contributed by atoms with E-state index in [-0.39, 0.29) is 17.7 Å². The van der Waals surface area contributed by atoms with E-state index < -0.39 is 0 Å². The number of rotatable bonds is 7. The zero-order valence-electron chi connectivity index (χ0n) is 18.2. The summed E-state index contributed by atoms with van der Waals surface area (Å²) in [6, 6.07) is 21.3. The molecular weight excluding hydrogens is 549 g/mol. The van der Waals surface area contributed by atoms with Crippen LogP contribution in [0.4, 0.5) is 4.79 Å². The maximum absolute atomic E-state index is 12.9. The molecule has 7 heteroatoms. The molecule has 3 aromatic carbocycles. The van der Waals surface area contributed by atoms with Gasteiger partial charge in [-0.2, -0.15) is 0 Å². The van der Waals surface area contributed by atoms with Gasteiger partial charge < -0.3 is 9.47 Å². The molecule has 0 aliphatic carbocycles. The van der Waals surface area contributed by atoms with E-state index >= 15 is 0 Å². The van der Waals surface area contributed by atoms with Crippen LogP contribution in [0.3, 0.4) is 0 Å². The van der Waals surface area contributed by atoms with E-state index in [0.29, 0.717) is 23.0 Å². The molecule has 1 aliphatic rings. The number of halogens is 1. The fourth-order valence-corrected chi connectivity index (χ4v) is 4.58. The molecule has 0 N–H and O–H groups in total. The standard InChI is InChI=1S/C26H22INO4S/c1-17-5-3-4-6-20(17)15-28-25(29)24(33-26(28)30)14-19-9-12-22(23(13-19)31-2)32-16-18-7-10-21(27)11-8-18/h3-14H,15-16H2,1-2H3/b24-14-. The highest BCUT2D eigenvalue weighted by Crippen LogP contribution is 2.35. The number of imide groups is 1. The highest BCUT2D eigenvalue weighted by molar-refractivity contribution is 14.1. The molecule has 0 unspecified atom stereocenters. The van der Waals surface area contributed by atoms with Crippen molar-refractivity contribution in [3.63, 3.8) is 0 Å². The number of methoxy groups -OCH3 is 1. The third-order valence-electron chi connectivity index (χ3n) is 5.26. The van der Waals surface area contributed by atoms with Gasteiger partial charge in [0, 0.05) is 3.57 Å². The van der Waals surface area contributed by atoms with Gasteiger partial charge in [0.25, 0.3) is 11.1 Å². The minimum atomic E-state index is -0.286. The first-order valence-electron chi connectivity index (χ1n) is 10.3. The molecule has 0 saturated carbocycles. The van der Waals surface area contributed by atoms with Crippen LogP contribution in [0.15, 0.2) is 71.6 Å². The monoisotopic (exact) mass is 571 g/mol. The summed E-state index contributed by atoms with van der Waals surface area (Å²) in [7, 11) is 1.58. The number of thioether (sulfide) groups is 1. The Morgan fingerprint density at radius 1 is 1.00 bits per heavy atom. The number of carbonyl (C=O) groups is 2. The lowest BCUT2D eigenvalue weighted by Crippen LogP contribution is -2.27. The normalized spacial score (nSPS) is 14.8. The van der Waals surface area contributed by atoms with Gasteiger partial charge in [0.05, 0.1) is 18.6 Å². The average molecular weight is 571 g/mol. The number of benzene rings is 3. The molecule has 1 aliphatic heterocycles. The molecule has 0 spiro atoms. The second-order valence-electron chi connectivity index (χ2n) is 7.52. The van der Waals surface area contributed by atoms with Crippen molar-refractivity contribution in [2.75, 3.05) is 7.11 Å². The summed E-state index contributed by atoms with van der Waals surface area (Å²) in [5, 5.41) is -0.265. The average Bonchev–Trinajstić information content (AvgIpc) is 3.07. The van der Waals surface area contributed by atoms with Gasteiger partial charge in [-0.25, -0.2) is 0 Å². The van der Waals surface area contributed by atoms with Gasteiger partial charge in [0.1, 0.15) is 6.61 Å². The first kappa shape index (κ1) is 23.4. The Kier molecular flexibility index (Phi) is 7.39. The maximum atomic E-state index is 12.9. The molecule has 0 aromatic heterocycles. The number of aryl methyl sites for hydroxylation is 1. The van der Waals surface area contributed by atoms with Crippen molar-refractivity contribution in [1.82, 2.24) is 4.90 Å². The third kappa shape index (κ3) is 5.59. The van der Waals surface area contributed by atoms with Crippen LogP contribution in [0, 0.1) is 10.5 Å². The first-order valence-corrected chi connectivity index (χ1v) is 12.2. The molecule has 33 heavy (non-hydrogen) atoms. The summed E-state index contributed by atoms with van der Waals surface area (Å²) < 4.78 is 12.6. The minimum Gasteiger partial charge on any atom is -0.493 e. The molecule has 0 bridgehead atoms. The van der Waals surface area contributed by atoms with Crippen LogP contribution in [0.25, 0.3) is 6.08 Å². The summed E-state index contributed by atoms with van der Waals surface area (Å²) in [6.07, 6.45) is 1.72. The third-order valence-corrected chi connectivity index (χ3v) is 6.88. The summed E-state index contributed by atoms with van der Waals surface area (Å²) in [5.41, 5.74) is 3.82. The van der Waals surface area contributed by atoms with Crippen molar-refractivity contribution >= 4 is 51.6 Å². The Balaban J connectivity index is 1.49. The van der Waals surface area contributed by atoms with Gasteiger partial charge in [-0.1, -0.05) is 42.5 Å². The molecule has 1 fully saturated rings. The molecule has 0 atom stereocenters. The second kappa shape index (κ2) is 10.4. The number of carbonyl (C=O) groups excluding carboxylic acids is 2. The van der Waals surface area contributed by atoms with Crippen LogP contribution in [0.5, 0.6) is 11.5 Å². The molecule has 4 rings (SSSR count). The summed E-state index contributed by atoms with van der Waals surface area (Å²) in [4.78, 5) is 27.1. The van der Waals surface area contributed by atoms with Crippen LogP contribution < -0.4 is 9.47 Å². The van der Waals surface area contributed by atoms with Gasteiger partial charge in [-0.05, 0) is 93.9 Å². The Morgan fingerprint density at radius 2 is 1.76 bits per heavy atom. The zero-order chi connectivity index (χ0) is 23.4. The van der Waals surface area contributed by atoms with Crippen molar-refractivity contribution in [2.45, 2.75) is 20.1 Å². The molecule has 2 amide bonds. The highest BCUT2D eigenvalue weighted by Gasteiger charge is 2.35. The minimum absolute atomic E-state index is 0.265. The number of hydrogen-bond donors (Lipinski definition) is 0. The quantitative estimate of drug-likeness (QED) is 0.242. The van der Waals surface area contributed by atoms with Gasteiger partial charge in [-0.15, -0.1) is 0 Å². The van der Waals surface area contributed by atoms with Gasteiger partial charge in [-0.3, -0.25) is 14.5 Å². The first-order chi connectivity index (χ1) is 15.9. The van der Waals surface area contributed by atoms with Crippen LogP contribution in [-0.2, 0) is 17.9 Å². The molecule has 5 nitrogen and oxygen atoms in total. The predicted octanol–water partition coefficient (Wildman–Crippen LogP) is 6.42. The largest absolute Gasteiger partial charge is 0.493 e. The van der Waals surface area contributed by atoms with Crippen molar-refractivity contribution in [3.05, 3.63) is 97.5 Å². The van der Waals surface area contributed by atoms with E-state index in [1.807, 2.05) is 67.6 Å². The molecule has 1 saturated heterocycles. The van der Waals surface area contributed by atoms with Crippen molar-refractivity contribution in [1.29, 1.82) is 0 Å². The maximum Gasteiger partial charge on any atom is 0.293 e. The van der Waals surface area contributed by atoms with Crippen LogP contribution >= 0.6 is 34.4 Å². The van der Waals surface area contributed by atoms with Crippen LogP contribution in [0.1, 0.15) is 22.3 Å². The smallest absolute Gasteiger partial charge is 0.293 e. The summed E-state index contributed by atoms with van der Waals surface area (Å²) in [6.45, 7) is 2.66.